The van der Waals surface area contributed by atoms with Gasteiger partial charge in [0.2, 0.25) is 17.3 Å². The number of nitrogens with zero attached hydrogens (tertiary/aromatic N) is 15. The summed E-state index contributed by atoms with van der Waals surface area (Å²) >= 11 is 1.73. The number of rotatable bonds is 5. The van der Waals surface area contributed by atoms with Crippen molar-refractivity contribution in [1.29, 1.82) is 0 Å². The fourth-order valence-corrected chi connectivity index (χ4v) is 16.0. The molecule has 117 heavy (non-hydrogen) atoms. The molecule has 25 aromatic rings. The molecule has 567 valence electrons. The number of fused-ring (bicyclic) bond motifs is 20. The van der Waals surface area contributed by atoms with Crippen LogP contribution in [0, 0.1) is 30.3 Å². The Labute approximate surface area is 714 Å². The molecule has 19 heteroatoms. The van der Waals surface area contributed by atoms with Crippen molar-refractivity contribution < 1.29 is 60.3 Å². The van der Waals surface area contributed by atoms with Crippen molar-refractivity contribution in [3.8, 4) is 39.2 Å². The molecule has 14 aromatic carbocycles. The zero-order chi connectivity index (χ0) is 75.7. The minimum absolute atomic E-state index is 0. The molecule has 0 saturated carbocycles. The fraction of sp³-hybridized carbons (Fsp3) is 0. The molecule has 15 nitrogen and oxygen atoms in total. The topological polar surface area (TPSA) is 145 Å². The Morgan fingerprint density at radius 1 is 0.299 bits per heavy atom. The third-order valence-electron chi connectivity index (χ3n) is 20.1. The second kappa shape index (κ2) is 33.9. The molecule has 0 atom stereocenters. The summed E-state index contributed by atoms with van der Waals surface area (Å²) in [6.07, 6.45) is 18.5. The SMILES string of the molecule is [Ir].[Ir].[Ir].[c-]1c(-c2ccccn2)sc2ccccc12.[c-]1ccc2ccccc2c1-n1c2ccccc2n2ccnc12.[c-]1ccc2ccccc2c1-n1c2ccccc2n2ccnc12.[c-]1ccc2ccccc2c1-n1c2ccccc2n2ccnc12.[c-]1cccc2c1c1nccnc1c1ccccc21.c1ccc(-c2nc3ccccc3[n-]2)nc1. The van der Waals surface area contributed by atoms with E-state index in [9.17, 15) is 0 Å². The van der Waals surface area contributed by atoms with E-state index < -0.39 is 0 Å². The van der Waals surface area contributed by atoms with Gasteiger partial charge >= 0.3 is 0 Å². The molecule has 0 spiro atoms. The van der Waals surface area contributed by atoms with E-state index in [0.717, 1.165) is 117 Å². The molecule has 0 bridgehead atoms. The first-order valence-electron chi connectivity index (χ1n) is 37.1. The van der Waals surface area contributed by atoms with Crippen LogP contribution in [0.3, 0.4) is 0 Å². The number of thiophene rings is 1. The van der Waals surface area contributed by atoms with Gasteiger partial charge in [0, 0.05) is 133 Å². The maximum atomic E-state index is 4.54. The molecular formula is C98H61Ir3N15S-6. The van der Waals surface area contributed by atoms with E-state index in [1.165, 1.54) is 53.2 Å². The summed E-state index contributed by atoms with van der Waals surface area (Å²) in [4.78, 5) is 41.0. The molecule has 0 fully saturated rings. The third-order valence-corrected chi connectivity index (χ3v) is 21.2. The summed E-state index contributed by atoms with van der Waals surface area (Å²) in [6.45, 7) is 0. The van der Waals surface area contributed by atoms with E-state index in [-0.39, 0.29) is 60.3 Å². The van der Waals surface area contributed by atoms with Crippen LogP contribution in [0.2, 0.25) is 0 Å². The molecule has 0 aliphatic heterocycles. The van der Waals surface area contributed by atoms with Crippen molar-refractivity contribution in [2.75, 3.05) is 0 Å². The maximum absolute atomic E-state index is 4.54. The largest absolute Gasteiger partial charge is 0.434 e. The Morgan fingerprint density at radius 2 is 0.718 bits per heavy atom. The quantitative estimate of drug-likeness (QED) is 0.121. The zero-order valence-corrected chi connectivity index (χ0v) is 69.8. The van der Waals surface area contributed by atoms with Crippen molar-refractivity contribution in [3.63, 3.8) is 0 Å². The van der Waals surface area contributed by atoms with Crippen LogP contribution in [-0.2, 0) is 60.3 Å². The van der Waals surface area contributed by atoms with Crippen LogP contribution in [0.25, 0.3) is 176 Å². The van der Waals surface area contributed by atoms with Crippen LogP contribution in [0.1, 0.15) is 0 Å². The fourth-order valence-electron chi connectivity index (χ4n) is 15.0. The van der Waals surface area contributed by atoms with Crippen LogP contribution in [0.5, 0.6) is 0 Å². The van der Waals surface area contributed by atoms with Gasteiger partial charge in [0.25, 0.3) is 0 Å². The molecule has 0 unspecified atom stereocenters. The van der Waals surface area contributed by atoms with Gasteiger partial charge in [-0.25, -0.2) is 26.3 Å². The molecular weight excluding hydrogens is 2000 g/mol. The first-order valence-corrected chi connectivity index (χ1v) is 38.0. The van der Waals surface area contributed by atoms with Gasteiger partial charge in [-0.15, -0.1) is 104 Å². The molecule has 0 amide bonds. The summed E-state index contributed by atoms with van der Waals surface area (Å²) in [7, 11) is 0. The number of para-hydroxylation sites is 8. The van der Waals surface area contributed by atoms with Gasteiger partial charge in [-0.1, -0.05) is 198 Å². The second-order valence-electron chi connectivity index (χ2n) is 26.8. The Bertz CT molecular complexity index is 6970. The Morgan fingerprint density at radius 3 is 1.21 bits per heavy atom. The number of hydrogen-bond acceptors (Lipinski definition) is 9. The van der Waals surface area contributed by atoms with Crippen molar-refractivity contribution in [2.45, 2.75) is 0 Å². The van der Waals surface area contributed by atoms with E-state index in [1.54, 1.807) is 29.9 Å². The van der Waals surface area contributed by atoms with Gasteiger partial charge in [-0.3, -0.25) is 23.2 Å². The zero-order valence-electron chi connectivity index (χ0n) is 61.8. The van der Waals surface area contributed by atoms with E-state index in [4.69, 9.17) is 0 Å². The van der Waals surface area contributed by atoms with E-state index >= 15 is 0 Å². The third kappa shape index (κ3) is 14.4. The molecule has 0 aliphatic carbocycles. The van der Waals surface area contributed by atoms with Gasteiger partial charge in [0.15, 0.2) is 0 Å². The molecule has 0 aliphatic rings. The smallest absolute Gasteiger partial charge is 0.217 e. The predicted octanol–water partition coefficient (Wildman–Crippen LogP) is 22.4. The second-order valence-corrected chi connectivity index (χ2v) is 27.8. The predicted molar refractivity (Wildman–Crippen MR) is 461 cm³/mol. The Kier molecular flexibility index (Phi) is 22.0. The molecule has 11 aromatic heterocycles. The van der Waals surface area contributed by atoms with Gasteiger partial charge < -0.3 is 33.6 Å². The standard InChI is InChI=1S/3C19H12N3.C16H9N2.C13H8NS.C12H8N3.3Ir/c3*1-2-8-15-14(6-1)7-5-11-16(15)22-18-10-4-3-9-17(18)21-13-12-20-19(21)22;1-3-7-13-11(5-1)12-6-2-4-8-14(12)16-15(13)17-9-10-18-16;1-2-7-12-10(5-1)9-13(15-12)11-6-3-4-8-14-11;1-2-6-10-9(5-1)14-12(15-10)11-7-3-4-8-13-11;;;/h3*1-10,12-13H;1-7,9-10H;2*1-8H;;;/q6*-1;;;. The van der Waals surface area contributed by atoms with Gasteiger partial charge in [-0.2, -0.15) is 54.6 Å². The summed E-state index contributed by atoms with van der Waals surface area (Å²) in [6, 6.07) is 121. The summed E-state index contributed by atoms with van der Waals surface area (Å²) < 4.78 is 14.1. The van der Waals surface area contributed by atoms with Crippen molar-refractivity contribution in [1.82, 2.24) is 71.8 Å². The van der Waals surface area contributed by atoms with Gasteiger partial charge in [0.1, 0.15) is 0 Å². The van der Waals surface area contributed by atoms with Crippen molar-refractivity contribution in [2.24, 2.45) is 0 Å². The Hall–Kier alpha value is -13.6. The number of aromatic nitrogens is 15. The van der Waals surface area contributed by atoms with E-state index in [2.05, 4.69) is 308 Å². The van der Waals surface area contributed by atoms with Crippen molar-refractivity contribution in [3.05, 3.63) is 402 Å². The average molecular weight is 2060 g/mol. The molecule has 0 N–H and O–H groups in total. The van der Waals surface area contributed by atoms with E-state index in [0.29, 0.717) is 5.82 Å². The normalized spacial score (nSPS) is 11.0. The van der Waals surface area contributed by atoms with Crippen LogP contribution in [0.4, 0.5) is 0 Å². The molecule has 11 heterocycles. The average Bonchev–Trinajstić information content (AvgIpc) is 1.27. The number of benzene rings is 14. The summed E-state index contributed by atoms with van der Waals surface area (Å²) in [5, 5.41) is 12.9. The maximum Gasteiger partial charge on any atom is 0.217 e. The monoisotopic (exact) mass is 2060 g/mol. The first kappa shape index (κ1) is 76.1. The van der Waals surface area contributed by atoms with Crippen LogP contribution < -0.4 is 4.98 Å². The molecule has 3 radical (unpaired) electrons. The number of pyridine rings is 2. The summed E-state index contributed by atoms with van der Waals surface area (Å²) in [5.41, 5.74) is 15.5. The van der Waals surface area contributed by atoms with E-state index in [1.807, 2.05) is 147 Å². The Balaban J connectivity index is 0.000000101. The first-order chi connectivity index (χ1) is 56.6. The molecule has 0 saturated heterocycles. The van der Waals surface area contributed by atoms with Gasteiger partial charge in [0.05, 0.1) is 44.3 Å². The van der Waals surface area contributed by atoms with Crippen LogP contribution in [-0.4, -0.2) is 66.8 Å². The number of hydrogen-bond donors (Lipinski definition) is 0. The van der Waals surface area contributed by atoms with Crippen molar-refractivity contribution >= 4 is 148 Å². The summed E-state index contributed by atoms with van der Waals surface area (Å²) in [5.74, 6) is 3.42. The van der Waals surface area contributed by atoms with Crippen LogP contribution >= 0.6 is 11.3 Å². The minimum atomic E-state index is 0. The van der Waals surface area contributed by atoms with Crippen LogP contribution in [0.15, 0.2) is 371 Å². The molecule has 25 rings (SSSR count). The van der Waals surface area contributed by atoms with Gasteiger partial charge in [-0.05, 0) is 86.4 Å². The number of imidazole rings is 7. The minimum Gasteiger partial charge on any atom is -0.434 e.